The lowest BCUT2D eigenvalue weighted by Crippen LogP contribution is -2.31. The number of hydrogen-bond acceptors (Lipinski definition) is 4. The summed E-state index contributed by atoms with van der Waals surface area (Å²) in [5.74, 6) is -0.182. The maximum atomic E-state index is 12.1. The van der Waals surface area contributed by atoms with E-state index in [0.29, 0.717) is 18.0 Å². The maximum absolute atomic E-state index is 12.1. The van der Waals surface area contributed by atoms with Gasteiger partial charge in [0.15, 0.2) is 0 Å². The predicted molar refractivity (Wildman–Crippen MR) is 85.3 cm³/mol. The summed E-state index contributed by atoms with van der Waals surface area (Å²) in [5.41, 5.74) is 7.80. The van der Waals surface area contributed by atoms with E-state index in [1.165, 1.54) is 0 Å². The van der Waals surface area contributed by atoms with Crippen molar-refractivity contribution in [3.63, 3.8) is 0 Å². The Bertz CT molecular complexity index is 486. The van der Waals surface area contributed by atoms with Crippen LogP contribution in [0.3, 0.4) is 0 Å². The summed E-state index contributed by atoms with van der Waals surface area (Å²) in [6.07, 6.45) is 0.191. The first-order valence-corrected chi connectivity index (χ1v) is 7.09. The molecule has 3 N–H and O–H groups in total. The third kappa shape index (κ3) is 5.36. The van der Waals surface area contributed by atoms with Crippen molar-refractivity contribution in [1.29, 1.82) is 0 Å². The van der Waals surface area contributed by atoms with Crippen molar-refractivity contribution >= 4 is 17.3 Å². The number of nitrogen functional groups attached to an aromatic ring is 1. The van der Waals surface area contributed by atoms with Crippen molar-refractivity contribution in [3.05, 3.63) is 23.8 Å². The number of carbonyl (C=O) groups excluding carboxylic acids is 1. The Morgan fingerprint density at radius 1 is 1.43 bits per heavy atom. The van der Waals surface area contributed by atoms with Gasteiger partial charge in [0.05, 0.1) is 12.2 Å². The number of hydrogen-bond donors (Lipinski definition) is 2. The first-order valence-electron chi connectivity index (χ1n) is 7.09. The van der Waals surface area contributed by atoms with Crippen LogP contribution in [0.4, 0.5) is 11.4 Å². The van der Waals surface area contributed by atoms with Crippen LogP contribution >= 0.6 is 0 Å². The fraction of sp³-hybridized carbons (Fsp3) is 0.562. The minimum absolute atomic E-state index is 0.182. The Labute approximate surface area is 126 Å². The predicted octanol–water partition coefficient (Wildman–Crippen LogP) is 2.74. The number of amides is 1. The fourth-order valence-corrected chi connectivity index (χ4v) is 1.68. The molecule has 0 saturated carbocycles. The van der Waals surface area contributed by atoms with E-state index in [2.05, 4.69) is 5.32 Å². The number of carbonyl (C=O) groups is 1. The van der Waals surface area contributed by atoms with Gasteiger partial charge < -0.3 is 20.5 Å². The van der Waals surface area contributed by atoms with E-state index in [0.717, 1.165) is 12.0 Å². The van der Waals surface area contributed by atoms with E-state index >= 15 is 0 Å². The fourth-order valence-electron chi connectivity index (χ4n) is 1.68. The molecule has 5 nitrogen and oxygen atoms in total. The van der Waals surface area contributed by atoms with Gasteiger partial charge in [-0.3, -0.25) is 4.79 Å². The van der Waals surface area contributed by atoms with Gasteiger partial charge in [-0.05, 0) is 51.8 Å². The van der Waals surface area contributed by atoms with Crippen LogP contribution in [-0.4, -0.2) is 31.3 Å². The molecule has 1 aromatic rings. The summed E-state index contributed by atoms with van der Waals surface area (Å²) < 4.78 is 10.9. The van der Waals surface area contributed by atoms with E-state index in [1.54, 1.807) is 20.1 Å². The highest BCUT2D eigenvalue weighted by Gasteiger charge is 2.19. The number of anilines is 2. The molecule has 1 rings (SSSR count). The van der Waals surface area contributed by atoms with E-state index < -0.39 is 6.10 Å². The standard InChI is InChI=1S/C16H26N2O3/c1-11-13(17)7-6-8-14(11)18-15(19)12(2)21-10-9-16(3,4)20-5/h6-8,12H,9-10,17H2,1-5H3,(H,18,19). The third-order valence-electron chi connectivity index (χ3n) is 3.63. The van der Waals surface area contributed by atoms with Crippen molar-refractivity contribution in [1.82, 2.24) is 0 Å². The van der Waals surface area contributed by atoms with E-state index in [9.17, 15) is 4.79 Å². The van der Waals surface area contributed by atoms with Crippen molar-refractivity contribution in [2.45, 2.75) is 45.8 Å². The normalized spacial score (nSPS) is 13.0. The van der Waals surface area contributed by atoms with Gasteiger partial charge in [-0.2, -0.15) is 0 Å². The molecule has 0 aromatic heterocycles. The molecule has 1 amide bonds. The molecule has 1 atom stereocenters. The molecule has 0 spiro atoms. The average Bonchev–Trinajstić information content (AvgIpc) is 2.43. The second-order valence-electron chi connectivity index (χ2n) is 5.74. The summed E-state index contributed by atoms with van der Waals surface area (Å²) in [7, 11) is 1.67. The molecule has 0 fully saturated rings. The van der Waals surface area contributed by atoms with E-state index in [4.69, 9.17) is 15.2 Å². The second-order valence-corrected chi connectivity index (χ2v) is 5.74. The summed E-state index contributed by atoms with van der Waals surface area (Å²) in [6.45, 7) is 8.04. The Balaban J connectivity index is 2.50. The Kier molecular flexibility index (Phi) is 6.18. The van der Waals surface area contributed by atoms with Crippen LogP contribution in [0.1, 0.15) is 32.8 Å². The lowest BCUT2D eigenvalue weighted by atomic mass is 10.1. The lowest BCUT2D eigenvalue weighted by Gasteiger charge is -2.23. The van der Waals surface area contributed by atoms with Gasteiger partial charge in [0.2, 0.25) is 0 Å². The highest BCUT2D eigenvalue weighted by molar-refractivity contribution is 5.95. The lowest BCUT2D eigenvalue weighted by molar-refractivity contribution is -0.127. The number of benzene rings is 1. The molecule has 5 heteroatoms. The van der Waals surface area contributed by atoms with Gasteiger partial charge >= 0.3 is 0 Å². The molecule has 0 aliphatic rings. The van der Waals surface area contributed by atoms with Crippen molar-refractivity contribution in [2.75, 3.05) is 24.8 Å². The summed E-state index contributed by atoms with van der Waals surface area (Å²) in [4.78, 5) is 12.1. The van der Waals surface area contributed by atoms with Crippen LogP contribution in [0.5, 0.6) is 0 Å². The molecule has 118 valence electrons. The van der Waals surface area contributed by atoms with Gasteiger partial charge in [-0.25, -0.2) is 0 Å². The molecule has 0 radical (unpaired) electrons. The van der Waals surface area contributed by atoms with E-state index in [-0.39, 0.29) is 11.5 Å². The first-order chi connectivity index (χ1) is 9.76. The third-order valence-corrected chi connectivity index (χ3v) is 3.63. The number of methoxy groups -OCH3 is 1. The molecule has 21 heavy (non-hydrogen) atoms. The molecule has 0 aliphatic heterocycles. The summed E-state index contributed by atoms with van der Waals surface area (Å²) in [5, 5.41) is 2.84. The molecule has 0 saturated heterocycles. The van der Waals surface area contributed by atoms with Crippen LogP contribution in [-0.2, 0) is 14.3 Å². The SMILES string of the molecule is COC(C)(C)CCOC(C)C(=O)Nc1cccc(N)c1C. The highest BCUT2D eigenvalue weighted by atomic mass is 16.5. The Morgan fingerprint density at radius 2 is 2.10 bits per heavy atom. The highest BCUT2D eigenvalue weighted by Crippen LogP contribution is 2.21. The van der Waals surface area contributed by atoms with Gasteiger partial charge in [0.25, 0.3) is 5.91 Å². The van der Waals surface area contributed by atoms with Crippen LogP contribution in [0.2, 0.25) is 0 Å². The van der Waals surface area contributed by atoms with Crippen molar-refractivity contribution in [3.8, 4) is 0 Å². The molecule has 0 bridgehead atoms. The number of rotatable bonds is 7. The number of ether oxygens (including phenoxy) is 2. The molecular weight excluding hydrogens is 268 g/mol. The van der Waals surface area contributed by atoms with Gasteiger partial charge in [0.1, 0.15) is 6.10 Å². The Hall–Kier alpha value is -1.59. The second kappa shape index (κ2) is 7.43. The van der Waals surface area contributed by atoms with Crippen LogP contribution < -0.4 is 11.1 Å². The van der Waals surface area contributed by atoms with Crippen molar-refractivity contribution < 1.29 is 14.3 Å². The molecule has 0 aliphatic carbocycles. The molecule has 0 heterocycles. The minimum atomic E-state index is -0.529. The van der Waals surface area contributed by atoms with E-state index in [1.807, 2.05) is 32.9 Å². The largest absolute Gasteiger partial charge is 0.398 e. The van der Waals surface area contributed by atoms with Gasteiger partial charge in [-0.1, -0.05) is 6.07 Å². The minimum Gasteiger partial charge on any atom is -0.398 e. The van der Waals surface area contributed by atoms with Gasteiger partial charge in [0, 0.05) is 18.5 Å². The maximum Gasteiger partial charge on any atom is 0.253 e. The molecule has 1 aromatic carbocycles. The van der Waals surface area contributed by atoms with Gasteiger partial charge in [-0.15, -0.1) is 0 Å². The summed E-state index contributed by atoms with van der Waals surface area (Å²) >= 11 is 0. The first kappa shape index (κ1) is 17.5. The zero-order valence-corrected chi connectivity index (χ0v) is 13.5. The van der Waals surface area contributed by atoms with Crippen LogP contribution in [0, 0.1) is 6.92 Å². The number of nitrogens with two attached hydrogens (primary N) is 1. The van der Waals surface area contributed by atoms with Crippen LogP contribution in [0.25, 0.3) is 0 Å². The smallest absolute Gasteiger partial charge is 0.253 e. The molecular formula is C16H26N2O3. The topological polar surface area (TPSA) is 73.6 Å². The zero-order chi connectivity index (χ0) is 16.0. The monoisotopic (exact) mass is 294 g/mol. The quantitative estimate of drug-likeness (QED) is 0.758. The van der Waals surface area contributed by atoms with Crippen molar-refractivity contribution in [2.24, 2.45) is 0 Å². The molecule has 1 unspecified atom stereocenters. The summed E-state index contributed by atoms with van der Waals surface area (Å²) in [6, 6.07) is 5.44. The zero-order valence-electron chi connectivity index (χ0n) is 13.5. The van der Waals surface area contributed by atoms with Crippen LogP contribution in [0.15, 0.2) is 18.2 Å². The average molecular weight is 294 g/mol. The number of nitrogens with one attached hydrogen (secondary N) is 1. The Morgan fingerprint density at radius 3 is 2.71 bits per heavy atom.